The highest BCUT2D eigenvalue weighted by Gasteiger charge is 2.00. The highest BCUT2D eigenvalue weighted by Crippen LogP contribution is 2.14. The molecule has 0 saturated carbocycles. The first-order valence-corrected chi connectivity index (χ1v) is 6.03. The van der Waals surface area contributed by atoms with Crippen LogP contribution in [0.4, 0.5) is 0 Å². The van der Waals surface area contributed by atoms with Crippen molar-refractivity contribution in [3.05, 3.63) is 65.5 Å². The molecule has 0 atom stereocenters. The minimum Gasteiger partial charge on any atom is -0.338 e. The van der Waals surface area contributed by atoms with Gasteiger partial charge in [0.1, 0.15) is 12.1 Å². The van der Waals surface area contributed by atoms with Crippen LogP contribution in [-0.2, 0) is 0 Å². The number of nitrogens with zero attached hydrogens (tertiary/aromatic N) is 1. The molecule has 19 heavy (non-hydrogen) atoms. The molecular weight excluding hydrogens is 236 g/mol. The molecule has 0 saturated heterocycles. The average Bonchev–Trinajstić information content (AvgIpc) is 2.88. The number of rotatable bonds is 3. The number of aromatic nitrogens is 2. The number of carbonyl (C=O) groups is 1. The lowest BCUT2D eigenvalue weighted by Crippen LogP contribution is -1.78. The van der Waals surface area contributed by atoms with Gasteiger partial charge in [0.15, 0.2) is 0 Å². The summed E-state index contributed by atoms with van der Waals surface area (Å²) < 4.78 is 0. The summed E-state index contributed by atoms with van der Waals surface area (Å²) >= 11 is 0. The lowest BCUT2D eigenvalue weighted by atomic mass is 10.2. The first kappa shape index (κ1) is 11.4. The molecule has 2 aromatic carbocycles. The van der Waals surface area contributed by atoms with Gasteiger partial charge in [0, 0.05) is 5.56 Å². The molecule has 3 nitrogen and oxygen atoms in total. The van der Waals surface area contributed by atoms with E-state index in [1.807, 2.05) is 48.6 Å². The van der Waals surface area contributed by atoms with Crippen LogP contribution in [0.3, 0.4) is 0 Å². The number of H-pyrrole nitrogens is 1. The number of benzene rings is 2. The van der Waals surface area contributed by atoms with Crippen LogP contribution >= 0.6 is 0 Å². The van der Waals surface area contributed by atoms with Gasteiger partial charge in [0.25, 0.3) is 0 Å². The van der Waals surface area contributed by atoms with Crippen molar-refractivity contribution in [2.75, 3.05) is 0 Å². The van der Waals surface area contributed by atoms with E-state index in [2.05, 4.69) is 9.97 Å². The van der Waals surface area contributed by atoms with Gasteiger partial charge in [0.2, 0.25) is 0 Å². The fraction of sp³-hybridized carbons (Fsp3) is 0. The van der Waals surface area contributed by atoms with Crippen molar-refractivity contribution in [3.63, 3.8) is 0 Å². The van der Waals surface area contributed by atoms with Gasteiger partial charge in [-0.05, 0) is 29.8 Å². The molecule has 92 valence electrons. The Morgan fingerprint density at radius 3 is 2.58 bits per heavy atom. The normalized spacial score (nSPS) is 11.2. The first-order valence-electron chi connectivity index (χ1n) is 6.03. The largest absolute Gasteiger partial charge is 0.338 e. The Balaban J connectivity index is 1.93. The second-order valence-corrected chi connectivity index (χ2v) is 4.26. The van der Waals surface area contributed by atoms with Crippen molar-refractivity contribution in [3.8, 4) is 0 Å². The monoisotopic (exact) mass is 248 g/mol. The van der Waals surface area contributed by atoms with Crippen molar-refractivity contribution < 1.29 is 4.79 Å². The number of nitrogens with one attached hydrogen (secondary N) is 1. The molecule has 1 heterocycles. The molecule has 0 radical (unpaired) electrons. The Morgan fingerprint density at radius 2 is 1.79 bits per heavy atom. The second-order valence-electron chi connectivity index (χ2n) is 4.26. The van der Waals surface area contributed by atoms with E-state index in [0.29, 0.717) is 5.56 Å². The highest BCUT2D eigenvalue weighted by atomic mass is 16.1. The molecule has 0 spiro atoms. The Bertz CT molecular complexity index is 742. The molecule has 0 aliphatic heterocycles. The lowest BCUT2D eigenvalue weighted by molar-refractivity contribution is 0.112. The maximum absolute atomic E-state index is 10.7. The summed E-state index contributed by atoms with van der Waals surface area (Å²) in [7, 11) is 0. The van der Waals surface area contributed by atoms with Crippen LogP contribution in [0.5, 0.6) is 0 Å². The second kappa shape index (κ2) is 4.90. The number of fused-ring (bicyclic) bond motifs is 1. The Kier molecular flexibility index (Phi) is 2.94. The van der Waals surface area contributed by atoms with Crippen molar-refractivity contribution >= 4 is 29.5 Å². The molecular formula is C16H12N2O. The van der Waals surface area contributed by atoms with E-state index in [4.69, 9.17) is 0 Å². The van der Waals surface area contributed by atoms with Crippen molar-refractivity contribution in [2.24, 2.45) is 0 Å². The zero-order valence-corrected chi connectivity index (χ0v) is 10.2. The summed E-state index contributed by atoms with van der Waals surface area (Å²) in [6.45, 7) is 0. The van der Waals surface area contributed by atoms with E-state index < -0.39 is 0 Å². The minimum absolute atomic E-state index is 0.648. The molecule has 1 aromatic heterocycles. The lowest BCUT2D eigenvalue weighted by Gasteiger charge is -1.89. The van der Waals surface area contributed by atoms with E-state index >= 15 is 0 Å². The van der Waals surface area contributed by atoms with Gasteiger partial charge in [-0.3, -0.25) is 4.79 Å². The summed E-state index contributed by atoms with van der Waals surface area (Å²) in [5.41, 5.74) is 3.50. The predicted octanol–water partition coefficient (Wildman–Crippen LogP) is 3.55. The fourth-order valence-corrected chi connectivity index (χ4v) is 1.94. The highest BCUT2D eigenvalue weighted by molar-refractivity contribution is 5.86. The zero-order chi connectivity index (χ0) is 13.1. The topological polar surface area (TPSA) is 45.8 Å². The van der Waals surface area contributed by atoms with E-state index in [1.54, 1.807) is 12.1 Å². The van der Waals surface area contributed by atoms with Crippen LogP contribution in [0, 0.1) is 0 Å². The number of hydrogen-bond acceptors (Lipinski definition) is 2. The molecule has 0 fully saturated rings. The van der Waals surface area contributed by atoms with E-state index in [1.165, 1.54) is 0 Å². The van der Waals surface area contributed by atoms with Gasteiger partial charge in [-0.1, -0.05) is 36.4 Å². The fourth-order valence-electron chi connectivity index (χ4n) is 1.94. The maximum Gasteiger partial charge on any atom is 0.150 e. The molecule has 3 aromatic rings. The van der Waals surface area contributed by atoms with Gasteiger partial charge in [-0.15, -0.1) is 0 Å². The molecule has 0 bridgehead atoms. The Hall–Kier alpha value is -2.68. The Morgan fingerprint density at radius 1 is 0.947 bits per heavy atom. The quantitative estimate of drug-likeness (QED) is 0.720. The number of aromatic amines is 1. The van der Waals surface area contributed by atoms with E-state index in [-0.39, 0.29) is 0 Å². The Labute approximate surface area is 110 Å². The van der Waals surface area contributed by atoms with E-state index in [0.717, 1.165) is 28.7 Å². The molecule has 0 aliphatic carbocycles. The SMILES string of the molecule is O=Cc1ccc2nc(/C=C/c3ccccc3)[nH]c2c1. The van der Waals surface area contributed by atoms with Crippen molar-refractivity contribution in [1.82, 2.24) is 9.97 Å². The number of imidazole rings is 1. The third kappa shape index (κ3) is 2.45. The van der Waals surface area contributed by atoms with Gasteiger partial charge in [-0.2, -0.15) is 0 Å². The average molecular weight is 248 g/mol. The van der Waals surface area contributed by atoms with Crippen LogP contribution in [0.1, 0.15) is 21.7 Å². The van der Waals surface area contributed by atoms with Crippen LogP contribution in [0.15, 0.2) is 48.5 Å². The van der Waals surface area contributed by atoms with Gasteiger partial charge in [-0.25, -0.2) is 4.98 Å². The molecule has 3 heteroatoms. The molecule has 3 rings (SSSR count). The van der Waals surface area contributed by atoms with Crippen molar-refractivity contribution in [1.29, 1.82) is 0 Å². The summed E-state index contributed by atoms with van der Waals surface area (Å²) in [4.78, 5) is 18.3. The minimum atomic E-state index is 0.648. The maximum atomic E-state index is 10.7. The third-order valence-electron chi connectivity index (χ3n) is 2.89. The van der Waals surface area contributed by atoms with Gasteiger partial charge in [0.05, 0.1) is 11.0 Å². The number of aldehydes is 1. The molecule has 0 aliphatic rings. The van der Waals surface area contributed by atoms with E-state index in [9.17, 15) is 4.79 Å². The van der Waals surface area contributed by atoms with Crippen LogP contribution in [0.2, 0.25) is 0 Å². The number of carbonyl (C=O) groups excluding carboxylic acids is 1. The number of hydrogen-bond donors (Lipinski definition) is 1. The standard InChI is InChI=1S/C16H12N2O/c19-11-13-6-8-14-15(10-13)18-16(17-14)9-7-12-4-2-1-3-5-12/h1-11H,(H,17,18)/b9-7+. The van der Waals surface area contributed by atoms with Crippen LogP contribution in [0.25, 0.3) is 23.2 Å². The summed E-state index contributed by atoms with van der Waals surface area (Å²) in [6, 6.07) is 15.4. The molecule has 0 unspecified atom stereocenters. The molecule has 0 amide bonds. The summed E-state index contributed by atoms with van der Waals surface area (Å²) in [6.07, 6.45) is 4.76. The van der Waals surface area contributed by atoms with Gasteiger partial charge < -0.3 is 4.98 Å². The zero-order valence-electron chi connectivity index (χ0n) is 10.2. The third-order valence-corrected chi connectivity index (χ3v) is 2.89. The van der Waals surface area contributed by atoms with Crippen LogP contribution in [-0.4, -0.2) is 16.3 Å². The molecule has 1 N–H and O–H groups in total. The van der Waals surface area contributed by atoms with Gasteiger partial charge >= 0.3 is 0 Å². The van der Waals surface area contributed by atoms with Crippen molar-refractivity contribution in [2.45, 2.75) is 0 Å². The smallest absolute Gasteiger partial charge is 0.150 e. The summed E-state index contributed by atoms with van der Waals surface area (Å²) in [5, 5.41) is 0. The summed E-state index contributed by atoms with van der Waals surface area (Å²) in [5.74, 6) is 0.780. The first-order chi connectivity index (χ1) is 9.35. The van der Waals surface area contributed by atoms with Crippen LogP contribution < -0.4 is 0 Å². The predicted molar refractivity (Wildman–Crippen MR) is 76.9 cm³/mol.